The third-order valence-corrected chi connectivity index (χ3v) is 4.59. The van der Waals surface area contributed by atoms with E-state index in [1.54, 1.807) is 17.0 Å². The van der Waals surface area contributed by atoms with E-state index in [1.165, 1.54) is 6.92 Å². The lowest BCUT2D eigenvalue weighted by atomic mass is 10.0. The highest BCUT2D eigenvalue weighted by Crippen LogP contribution is 2.40. The van der Waals surface area contributed by atoms with Crippen molar-refractivity contribution in [1.82, 2.24) is 0 Å². The van der Waals surface area contributed by atoms with Crippen LogP contribution in [0.2, 0.25) is 0 Å². The summed E-state index contributed by atoms with van der Waals surface area (Å²) in [7, 11) is 0. The molecule has 0 bridgehead atoms. The summed E-state index contributed by atoms with van der Waals surface area (Å²) in [5.41, 5.74) is 2.19. The molecule has 1 aliphatic rings. The summed E-state index contributed by atoms with van der Waals surface area (Å²) in [6.07, 6.45) is 0. The Morgan fingerprint density at radius 1 is 1.22 bits per heavy atom. The third-order valence-electron chi connectivity index (χ3n) is 3.78. The van der Waals surface area contributed by atoms with Gasteiger partial charge in [0.25, 0.3) is 5.91 Å². The van der Waals surface area contributed by atoms with Crippen LogP contribution >= 0.6 is 11.8 Å². The van der Waals surface area contributed by atoms with Gasteiger partial charge in [0, 0.05) is 35.5 Å². The zero-order valence-corrected chi connectivity index (χ0v) is 13.7. The van der Waals surface area contributed by atoms with Crippen molar-refractivity contribution in [3.05, 3.63) is 35.9 Å². The van der Waals surface area contributed by atoms with Crippen LogP contribution in [-0.2, 0) is 9.59 Å². The van der Waals surface area contributed by atoms with E-state index in [0.717, 1.165) is 28.2 Å². The van der Waals surface area contributed by atoms with Gasteiger partial charge in [-0.2, -0.15) is 0 Å². The average molecular weight is 328 g/mol. The van der Waals surface area contributed by atoms with E-state index in [9.17, 15) is 14.4 Å². The Morgan fingerprint density at radius 3 is 2.70 bits per heavy atom. The Balaban J connectivity index is 1.99. The topological polar surface area (TPSA) is 66.5 Å². The van der Waals surface area contributed by atoms with Crippen LogP contribution in [0.4, 0.5) is 11.4 Å². The zero-order valence-electron chi connectivity index (χ0n) is 12.9. The van der Waals surface area contributed by atoms with Gasteiger partial charge in [0.2, 0.25) is 5.91 Å². The van der Waals surface area contributed by atoms with Crippen molar-refractivity contribution in [2.45, 2.75) is 13.8 Å². The highest BCUT2D eigenvalue weighted by atomic mass is 32.2. The number of amides is 2. The number of carbonyl (C=O) groups excluding carboxylic acids is 3. The molecule has 2 amide bonds. The molecule has 0 aromatic heterocycles. The minimum Gasteiger partial charge on any atom is -0.325 e. The Labute approximate surface area is 138 Å². The van der Waals surface area contributed by atoms with Crippen molar-refractivity contribution in [3.63, 3.8) is 0 Å². The molecular formula is C17H16N2O3S. The Hall–Kier alpha value is -2.34. The monoisotopic (exact) mass is 328 g/mol. The molecule has 3 rings (SSSR count). The number of hydrogen-bond acceptors (Lipinski definition) is 4. The normalized spacial score (nSPS) is 12.8. The van der Waals surface area contributed by atoms with Crippen LogP contribution in [0.25, 0.3) is 10.8 Å². The van der Waals surface area contributed by atoms with E-state index < -0.39 is 0 Å². The van der Waals surface area contributed by atoms with Gasteiger partial charge in [0.05, 0.1) is 11.4 Å². The molecule has 2 aromatic rings. The molecule has 0 fully saturated rings. The summed E-state index contributed by atoms with van der Waals surface area (Å²) in [6.45, 7) is 3.97. The van der Waals surface area contributed by atoms with E-state index in [1.807, 2.05) is 25.1 Å². The molecule has 0 aliphatic carbocycles. The predicted octanol–water partition coefficient (Wildman–Crippen LogP) is 3.04. The Morgan fingerprint density at radius 2 is 2.00 bits per heavy atom. The van der Waals surface area contributed by atoms with Gasteiger partial charge in [-0.1, -0.05) is 23.9 Å². The van der Waals surface area contributed by atoms with Crippen LogP contribution in [-0.4, -0.2) is 29.2 Å². The molecule has 1 N–H and O–H groups in total. The highest BCUT2D eigenvalue weighted by Gasteiger charge is 2.29. The summed E-state index contributed by atoms with van der Waals surface area (Å²) >= 11 is 0.974. The molecule has 6 heteroatoms. The number of carbonyl (C=O) groups is 3. The van der Waals surface area contributed by atoms with Crippen molar-refractivity contribution in [2.24, 2.45) is 0 Å². The largest absolute Gasteiger partial charge is 0.325 e. The maximum atomic E-state index is 12.4. The van der Waals surface area contributed by atoms with E-state index in [-0.39, 0.29) is 22.7 Å². The summed E-state index contributed by atoms with van der Waals surface area (Å²) < 4.78 is 0. The fourth-order valence-electron chi connectivity index (χ4n) is 2.82. The second-order valence-electron chi connectivity index (χ2n) is 5.24. The minimum atomic E-state index is -0.234. The first kappa shape index (κ1) is 15.6. The van der Waals surface area contributed by atoms with Gasteiger partial charge in [-0.15, -0.1) is 0 Å². The van der Waals surface area contributed by atoms with Gasteiger partial charge in [-0.05, 0) is 25.1 Å². The van der Waals surface area contributed by atoms with E-state index in [2.05, 4.69) is 5.32 Å². The first-order valence-corrected chi connectivity index (χ1v) is 8.32. The van der Waals surface area contributed by atoms with Gasteiger partial charge in [-0.25, -0.2) is 0 Å². The molecule has 0 spiro atoms. The third kappa shape index (κ3) is 2.70. The maximum Gasteiger partial charge on any atom is 0.258 e. The standard InChI is InChI=1S/C17H16N2O3S/c1-3-19-14-8-7-13(18-15(21)9-23-10(2)20)11-5-4-6-12(16(11)14)17(19)22/h4-8H,3,9H2,1-2H3,(H,18,21). The lowest BCUT2D eigenvalue weighted by molar-refractivity contribution is -0.114. The summed E-state index contributed by atoms with van der Waals surface area (Å²) in [6, 6.07) is 9.18. The number of anilines is 2. The zero-order chi connectivity index (χ0) is 16.6. The molecule has 0 unspecified atom stereocenters. The number of hydrogen-bond donors (Lipinski definition) is 1. The summed E-state index contributed by atoms with van der Waals surface area (Å²) in [5.74, 6) is -0.163. The van der Waals surface area contributed by atoms with Crippen molar-refractivity contribution in [2.75, 3.05) is 22.5 Å². The number of nitrogens with zero attached hydrogens (tertiary/aromatic N) is 1. The molecule has 118 valence electrons. The van der Waals surface area contributed by atoms with E-state index in [0.29, 0.717) is 17.8 Å². The van der Waals surface area contributed by atoms with Gasteiger partial charge in [0.1, 0.15) is 0 Å². The summed E-state index contributed by atoms with van der Waals surface area (Å²) in [5, 5.41) is 4.45. The first-order valence-electron chi connectivity index (χ1n) is 7.33. The van der Waals surface area contributed by atoms with Crippen LogP contribution in [0.1, 0.15) is 24.2 Å². The molecular weight excluding hydrogens is 312 g/mol. The van der Waals surface area contributed by atoms with Gasteiger partial charge in [-0.3, -0.25) is 14.4 Å². The SMILES string of the molecule is CCN1C(=O)c2cccc3c(NC(=O)CSC(C)=O)ccc1c23. The van der Waals surface area contributed by atoms with Gasteiger partial charge < -0.3 is 10.2 Å². The number of thioether (sulfide) groups is 1. The van der Waals surface area contributed by atoms with Crippen LogP contribution in [0.15, 0.2) is 30.3 Å². The van der Waals surface area contributed by atoms with E-state index >= 15 is 0 Å². The number of nitrogens with one attached hydrogen (secondary N) is 1. The quantitative estimate of drug-likeness (QED) is 0.937. The second kappa shape index (κ2) is 6.04. The molecule has 2 aromatic carbocycles. The molecule has 0 saturated heterocycles. The van der Waals surface area contributed by atoms with Crippen LogP contribution < -0.4 is 10.2 Å². The smallest absolute Gasteiger partial charge is 0.258 e. The average Bonchev–Trinajstić information content (AvgIpc) is 2.81. The predicted molar refractivity (Wildman–Crippen MR) is 93.1 cm³/mol. The molecule has 23 heavy (non-hydrogen) atoms. The van der Waals surface area contributed by atoms with E-state index in [4.69, 9.17) is 0 Å². The molecule has 1 heterocycles. The minimum absolute atomic E-state index is 0.0105. The fourth-order valence-corrected chi connectivity index (χ4v) is 3.23. The van der Waals surface area contributed by atoms with Gasteiger partial charge in [0.15, 0.2) is 5.12 Å². The van der Waals surface area contributed by atoms with Crippen LogP contribution in [0.3, 0.4) is 0 Å². The lowest BCUT2D eigenvalue weighted by Crippen LogP contribution is -2.25. The second-order valence-corrected chi connectivity index (χ2v) is 6.39. The van der Waals surface area contributed by atoms with Crippen molar-refractivity contribution in [3.8, 4) is 0 Å². The van der Waals surface area contributed by atoms with Gasteiger partial charge >= 0.3 is 0 Å². The number of benzene rings is 2. The summed E-state index contributed by atoms with van der Waals surface area (Å²) in [4.78, 5) is 37.1. The lowest BCUT2D eigenvalue weighted by Gasteiger charge is -2.15. The molecule has 0 radical (unpaired) electrons. The highest BCUT2D eigenvalue weighted by molar-refractivity contribution is 8.14. The van der Waals surface area contributed by atoms with Crippen LogP contribution in [0, 0.1) is 0 Å². The molecule has 1 aliphatic heterocycles. The fraction of sp³-hybridized carbons (Fsp3) is 0.235. The first-order chi connectivity index (χ1) is 11.0. The van der Waals surface area contributed by atoms with Crippen molar-refractivity contribution in [1.29, 1.82) is 0 Å². The molecule has 5 nitrogen and oxygen atoms in total. The Bertz CT molecular complexity index is 832. The Kier molecular flexibility index (Phi) is 4.09. The maximum absolute atomic E-state index is 12.4. The van der Waals surface area contributed by atoms with Crippen molar-refractivity contribution < 1.29 is 14.4 Å². The van der Waals surface area contributed by atoms with Crippen molar-refractivity contribution >= 4 is 50.8 Å². The van der Waals surface area contributed by atoms with Crippen LogP contribution in [0.5, 0.6) is 0 Å². The number of rotatable bonds is 4. The molecule has 0 saturated carbocycles. The molecule has 0 atom stereocenters.